The van der Waals surface area contributed by atoms with Gasteiger partial charge in [-0.15, -0.1) is 0 Å². The summed E-state index contributed by atoms with van der Waals surface area (Å²) in [5.74, 6) is -1.42. The lowest BCUT2D eigenvalue weighted by atomic mass is 10.1. The van der Waals surface area contributed by atoms with Gasteiger partial charge in [0.05, 0.1) is 6.04 Å². The monoisotopic (exact) mass is 245 g/mol. The summed E-state index contributed by atoms with van der Waals surface area (Å²) in [6.45, 7) is 2.44. The Labute approximate surface area is 102 Å². The summed E-state index contributed by atoms with van der Waals surface area (Å²) in [7, 11) is 0. The molecule has 1 amide bonds. The predicted molar refractivity (Wildman–Crippen MR) is 65.4 cm³/mol. The van der Waals surface area contributed by atoms with Gasteiger partial charge in [-0.1, -0.05) is 19.8 Å². The van der Waals surface area contributed by atoms with Crippen molar-refractivity contribution in [1.82, 2.24) is 5.32 Å². The van der Waals surface area contributed by atoms with E-state index >= 15 is 0 Å². The fourth-order valence-corrected chi connectivity index (χ4v) is 1.46. The number of rotatable bonds is 9. The van der Waals surface area contributed by atoms with E-state index in [1.807, 2.05) is 6.92 Å². The smallest absolute Gasteiger partial charge is 0.326 e. The number of nitrogens with one attached hydrogen (secondary N) is 1. The van der Waals surface area contributed by atoms with Crippen molar-refractivity contribution in [3.63, 3.8) is 0 Å². The van der Waals surface area contributed by atoms with Crippen LogP contribution in [0.1, 0.15) is 39.0 Å². The molecule has 0 bridgehead atoms. The van der Waals surface area contributed by atoms with Crippen LogP contribution in [0.15, 0.2) is 0 Å². The van der Waals surface area contributed by atoms with Gasteiger partial charge < -0.3 is 21.9 Å². The number of aliphatic carboxylic acids is 1. The van der Waals surface area contributed by atoms with E-state index in [4.69, 9.17) is 16.6 Å². The summed E-state index contributed by atoms with van der Waals surface area (Å²) in [6.07, 6.45) is 3.23. The second-order valence-corrected chi connectivity index (χ2v) is 4.08. The van der Waals surface area contributed by atoms with Gasteiger partial charge in [-0.3, -0.25) is 4.79 Å². The van der Waals surface area contributed by atoms with E-state index in [-0.39, 0.29) is 0 Å². The average Bonchev–Trinajstić information content (AvgIpc) is 2.28. The van der Waals surface area contributed by atoms with Crippen molar-refractivity contribution in [2.45, 2.75) is 51.1 Å². The first-order valence-corrected chi connectivity index (χ1v) is 6.01. The molecule has 0 aliphatic heterocycles. The van der Waals surface area contributed by atoms with Crippen LogP contribution >= 0.6 is 0 Å². The van der Waals surface area contributed by atoms with Crippen LogP contribution in [0.5, 0.6) is 0 Å². The van der Waals surface area contributed by atoms with E-state index in [0.717, 1.165) is 12.8 Å². The molecule has 0 saturated heterocycles. The summed E-state index contributed by atoms with van der Waals surface area (Å²) in [6, 6.07) is -1.49. The Kier molecular flexibility index (Phi) is 8.35. The quantitative estimate of drug-likeness (QED) is 0.420. The van der Waals surface area contributed by atoms with Crippen LogP contribution in [0.4, 0.5) is 0 Å². The Bertz CT molecular complexity index is 246. The number of carboxylic acids is 1. The van der Waals surface area contributed by atoms with E-state index in [0.29, 0.717) is 25.8 Å². The Morgan fingerprint density at radius 1 is 1.29 bits per heavy atom. The van der Waals surface area contributed by atoms with Crippen molar-refractivity contribution < 1.29 is 14.7 Å². The lowest BCUT2D eigenvalue weighted by Crippen LogP contribution is -2.48. The molecule has 100 valence electrons. The summed E-state index contributed by atoms with van der Waals surface area (Å²) < 4.78 is 0. The van der Waals surface area contributed by atoms with E-state index < -0.39 is 24.0 Å². The SMILES string of the molecule is CCCC(NC(=O)C(N)CCCCN)C(=O)O. The minimum Gasteiger partial charge on any atom is -0.480 e. The van der Waals surface area contributed by atoms with Crippen molar-refractivity contribution in [2.75, 3.05) is 6.54 Å². The molecule has 0 spiro atoms. The molecule has 0 saturated carbocycles. The van der Waals surface area contributed by atoms with E-state index in [2.05, 4.69) is 5.32 Å². The van der Waals surface area contributed by atoms with Gasteiger partial charge in [0.1, 0.15) is 6.04 Å². The molecule has 0 heterocycles. The Morgan fingerprint density at radius 3 is 2.41 bits per heavy atom. The normalized spacial score (nSPS) is 14.1. The zero-order valence-electron chi connectivity index (χ0n) is 10.3. The maximum absolute atomic E-state index is 11.6. The average molecular weight is 245 g/mol. The van der Waals surface area contributed by atoms with Crippen molar-refractivity contribution in [1.29, 1.82) is 0 Å². The summed E-state index contributed by atoms with van der Waals surface area (Å²) in [5.41, 5.74) is 11.0. The van der Waals surface area contributed by atoms with Crippen molar-refractivity contribution in [3.8, 4) is 0 Å². The van der Waals surface area contributed by atoms with Gasteiger partial charge in [0.15, 0.2) is 0 Å². The maximum atomic E-state index is 11.6. The molecule has 0 aromatic carbocycles. The van der Waals surface area contributed by atoms with Crippen molar-refractivity contribution in [2.24, 2.45) is 11.5 Å². The van der Waals surface area contributed by atoms with Crippen LogP contribution in [-0.4, -0.2) is 35.6 Å². The number of hydrogen-bond donors (Lipinski definition) is 4. The topological polar surface area (TPSA) is 118 Å². The number of nitrogens with two attached hydrogens (primary N) is 2. The third-order valence-electron chi connectivity index (χ3n) is 2.50. The van der Waals surface area contributed by atoms with Gasteiger partial charge in [-0.2, -0.15) is 0 Å². The van der Waals surface area contributed by atoms with Crippen LogP contribution in [0.25, 0.3) is 0 Å². The third kappa shape index (κ3) is 6.91. The molecule has 0 aromatic heterocycles. The molecule has 0 radical (unpaired) electrons. The van der Waals surface area contributed by atoms with Gasteiger partial charge in [-0.25, -0.2) is 4.79 Å². The van der Waals surface area contributed by atoms with Crippen LogP contribution in [0.2, 0.25) is 0 Å². The fraction of sp³-hybridized carbons (Fsp3) is 0.818. The summed E-state index contributed by atoms with van der Waals surface area (Å²) in [5, 5.41) is 11.3. The van der Waals surface area contributed by atoms with Crippen LogP contribution in [0.3, 0.4) is 0 Å². The maximum Gasteiger partial charge on any atom is 0.326 e. The Morgan fingerprint density at radius 2 is 1.94 bits per heavy atom. The third-order valence-corrected chi connectivity index (χ3v) is 2.50. The van der Waals surface area contributed by atoms with Gasteiger partial charge in [0.25, 0.3) is 0 Å². The van der Waals surface area contributed by atoms with Gasteiger partial charge in [0.2, 0.25) is 5.91 Å². The second-order valence-electron chi connectivity index (χ2n) is 4.08. The molecule has 2 atom stereocenters. The fourth-order valence-electron chi connectivity index (χ4n) is 1.46. The highest BCUT2D eigenvalue weighted by Crippen LogP contribution is 2.01. The largest absolute Gasteiger partial charge is 0.480 e. The van der Waals surface area contributed by atoms with Crippen LogP contribution in [0, 0.1) is 0 Å². The molecule has 6 nitrogen and oxygen atoms in total. The molecule has 0 aliphatic rings. The highest BCUT2D eigenvalue weighted by Gasteiger charge is 2.21. The van der Waals surface area contributed by atoms with Crippen molar-refractivity contribution in [3.05, 3.63) is 0 Å². The Balaban J connectivity index is 4.06. The standard InChI is InChI=1S/C11H23N3O3/c1-2-5-9(11(16)17)14-10(15)8(13)6-3-4-7-12/h8-9H,2-7,12-13H2,1H3,(H,14,15)(H,16,17). The molecule has 6 N–H and O–H groups in total. The minimum atomic E-state index is -1.02. The predicted octanol–water partition coefficient (Wildman–Crippen LogP) is -0.188. The molecule has 0 aliphatic carbocycles. The first kappa shape index (κ1) is 15.9. The number of carbonyl (C=O) groups is 2. The molecule has 2 unspecified atom stereocenters. The van der Waals surface area contributed by atoms with Gasteiger partial charge in [0, 0.05) is 0 Å². The molecule has 6 heteroatoms. The first-order valence-electron chi connectivity index (χ1n) is 6.01. The molecule has 0 aromatic rings. The number of unbranched alkanes of at least 4 members (excludes halogenated alkanes) is 1. The van der Waals surface area contributed by atoms with Crippen LogP contribution in [-0.2, 0) is 9.59 Å². The van der Waals surface area contributed by atoms with E-state index in [1.165, 1.54) is 0 Å². The van der Waals surface area contributed by atoms with Crippen LogP contribution < -0.4 is 16.8 Å². The zero-order valence-corrected chi connectivity index (χ0v) is 10.3. The van der Waals surface area contributed by atoms with E-state index in [9.17, 15) is 9.59 Å². The molecule has 17 heavy (non-hydrogen) atoms. The number of amides is 1. The minimum absolute atomic E-state index is 0.400. The van der Waals surface area contributed by atoms with Crippen molar-refractivity contribution >= 4 is 11.9 Å². The second kappa shape index (κ2) is 8.95. The lowest BCUT2D eigenvalue weighted by molar-refractivity contribution is -0.142. The lowest BCUT2D eigenvalue weighted by Gasteiger charge is -2.17. The van der Waals surface area contributed by atoms with Gasteiger partial charge in [-0.05, 0) is 25.8 Å². The molecule has 0 fully saturated rings. The summed E-state index contributed by atoms with van der Waals surface area (Å²) >= 11 is 0. The molecule has 0 rings (SSSR count). The number of carboxylic acid groups (broad SMARTS) is 1. The number of carbonyl (C=O) groups excluding carboxylic acids is 1. The number of hydrogen-bond acceptors (Lipinski definition) is 4. The summed E-state index contributed by atoms with van der Waals surface area (Å²) in [4.78, 5) is 22.4. The first-order chi connectivity index (χ1) is 8.02. The Hall–Kier alpha value is -1.14. The highest BCUT2D eigenvalue weighted by molar-refractivity contribution is 5.86. The highest BCUT2D eigenvalue weighted by atomic mass is 16.4. The molecular formula is C11H23N3O3. The van der Waals surface area contributed by atoms with E-state index in [1.54, 1.807) is 0 Å². The molecular weight excluding hydrogens is 222 g/mol. The van der Waals surface area contributed by atoms with Gasteiger partial charge >= 0.3 is 5.97 Å². The zero-order chi connectivity index (χ0) is 13.3.